The number of esters is 1. The number of ether oxygens (including phenoxy) is 1. The Hall–Kier alpha value is -2.30. The van der Waals surface area contributed by atoms with E-state index in [0.717, 1.165) is 35.1 Å². The molecule has 1 fully saturated rings. The Morgan fingerprint density at radius 1 is 1.17 bits per heavy atom. The van der Waals surface area contributed by atoms with Crippen molar-refractivity contribution in [3.63, 3.8) is 0 Å². The Balaban J connectivity index is 1.53. The number of piperidine rings is 1. The number of likely N-dealkylation sites (tertiary alicyclic amines) is 1. The van der Waals surface area contributed by atoms with Crippen LogP contribution in [-0.4, -0.2) is 35.5 Å². The van der Waals surface area contributed by atoms with E-state index in [1.165, 1.54) is 37.9 Å². The third-order valence-electron chi connectivity index (χ3n) is 6.05. The highest BCUT2D eigenvalue weighted by molar-refractivity contribution is 6.31. The SMILES string of the molecule is Cc1[nH]c2ccc(CCN3CCCCC3)cc2c1C(=O)OC(C)c1ccccc1Cl. The molecule has 1 unspecified atom stereocenters. The van der Waals surface area contributed by atoms with Gasteiger partial charge in [0.05, 0.1) is 5.56 Å². The molecule has 1 saturated heterocycles. The molecule has 1 aliphatic heterocycles. The Bertz CT molecular complexity index is 1040. The van der Waals surface area contributed by atoms with Crippen molar-refractivity contribution in [3.05, 3.63) is 69.9 Å². The molecule has 0 aliphatic carbocycles. The zero-order valence-electron chi connectivity index (χ0n) is 17.7. The average Bonchev–Trinajstić information content (AvgIpc) is 3.08. The lowest BCUT2D eigenvalue weighted by Crippen LogP contribution is -2.31. The molecule has 0 amide bonds. The molecule has 4 nitrogen and oxygen atoms in total. The van der Waals surface area contributed by atoms with Gasteiger partial charge in [-0.3, -0.25) is 0 Å². The molecule has 1 N–H and O–H groups in total. The zero-order valence-corrected chi connectivity index (χ0v) is 18.5. The first-order chi connectivity index (χ1) is 14.5. The van der Waals surface area contributed by atoms with E-state index >= 15 is 0 Å². The van der Waals surface area contributed by atoms with Crippen LogP contribution in [0.25, 0.3) is 10.9 Å². The predicted octanol–water partition coefficient (Wildman–Crippen LogP) is 6.08. The molecule has 2 heterocycles. The lowest BCUT2D eigenvalue weighted by Gasteiger charge is -2.26. The maximum atomic E-state index is 13.1. The molecule has 1 aliphatic rings. The van der Waals surface area contributed by atoms with E-state index in [2.05, 4.69) is 28.1 Å². The third-order valence-corrected chi connectivity index (χ3v) is 6.39. The molecule has 0 saturated carbocycles. The third kappa shape index (κ3) is 4.55. The summed E-state index contributed by atoms with van der Waals surface area (Å²) in [5.41, 5.74) is 4.47. The lowest BCUT2D eigenvalue weighted by atomic mass is 10.0. The number of nitrogens with one attached hydrogen (secondary N) is 1. The van der Waals surface area contributed by atoms with E-state index in [9.17, 15) is 4.79 Å². The van der Waals surface area contributed by atoms with Gasteiger partial charge in [-0.1, -0.05) is 42.3 Å². The molecule has 4 rings (SSSR count). The standard InChI is InChI=1S/C25H29ClN2O2/c1-17-24(25(29)30-18(2)20-8-4-5-9-22(20)26)21-16-19(10-11-23(21)27-17)12-15-28-13-6-3-7-14-28/h4-5,8-11,16,18,27H,3,6-7,12-15H2,1-2H3. The fraction of sp³-hybridized carbons (Fsp3) is 0.400. The molecule has 0 radical (unpaired) electrons. The second-order valence-electron chi connectivity index (χ2n) is 8.23. The summed E-state index contributed by atoms with van der Waals surface area (Å²) in [7, 11) is 0. The number of carbonyl (C=O) groups excluding carboxylic acids is 1. The van der Waals surface area contributed by atoms with Crippen LogP contribution in [-0.2, 0) is 11.2 Å². The largest absolute Gasteiger partial charge is 0.454 e. The van der Waals surface area contributed by atoms with Crippen molar-refractivity contribution in [3.8, 4) is 0 Å². The summed E-state index contributed by atoms with van der Waals surface area (Å²) < 4.78 is 5.79. The van der Waals surface area contributed by atoms with E-state index in [1.54, 1.807) is 0 Å². The van der Waals surface area contributed by atoms with Crippen molar-refractivity contribution >= 4 is 28.5 Å². The van der Waals surface area contributed by atoms with Gasteiger partial charge in [-0.25, -0.2) is 4.79 Å². The Morgan fingerprint density at radius 2 is 1.93 bits per heavy atom. The van der Waals surface area contributed by atoms with E-state index in [1.807, 2.05) is 38.1 Å². The topological polar surface area (TPSA) is 45.3 Å². The molecule has 30 heavy (non-hydrogen) atoms. The maximum absolute atomic E-state index is 13.1. The monoisotopic (exact) mass is 424 g/mol. The summed E-state index contributed by atoms with van der Waals surface area (Å²) in [5, 5.41) is 1.54. The number of carbonyl (C=O) groups is 1. The van der Waals surface area contributed by atoms with Gasteiger partial charge in [-0.05, 0) is 70.0 Å². The smallest absolute Gasteiger partial charge is 0.341 e. The number of rotatable bonds is 6. The summed E-state index contributed by atoms with van der Waals surface area (Å²) in [6, 6.07) is 13.8. The highest BCUT2D eigenvalue weighted by Gasteiger charge is 2.21. The summed E-state index contributed by atoms with van der Waals surface area (Å²) in [6.07, 6.45) is 4.52. The molecular formula is C25H29ClN2O2. The van der Waals surface area contributed by atoms with Crippen molar-refractivity contribution < 1.29 is 9.53 Å². The number of hydrogen-bond donors (Lipinski definition) is 1. The second-order valence-corrected chi connectivity index (χ2v) is 8.63. The number of halogens is 1. The minimum Gasteiger partial charge on any atom is -0.454 e. The molecule has 1 atom stereocenters. The molecule has 158 valence electrons. The van der Waals surface area contributed by atoms with Crippen LogP contribution in [0.2, 0.25) is 5.02 Å². The molecule has 0 bridgehead atoms. The van der Waals surface area contributed by atoms with Gasteiger partial charge in [0.15, 0.2) is 0 Å². The Morgan fingerprint density at radius 3 is 2.70 bits per heavy atom. The van der Waals surface area contributed by atoms with Crippen molar-refractivity contribution in [1.82, 2.24) is 9.88 Å². The maximum Gasteiger partial charge on any atom is 0.341 e. The van der Waals surface area contributed by atoms with E-state index in [4.69, 9.17) is 16.3 Å². The van der Waals surface area contributed by atoms with Crippen LogP contribution in [0.15, 0.2) is 42.5 Å². The van der Waals surface area contributed by atoms with Gasteiger partial charge < -0.3 is 14.6 Å². The number of nitrogens with zero attached hydrogens (tertiary/aromatic N) is 1. The average molecular weight is 425 g/mol. The summed E-state index contributed by atoms with van der Waals surface area (Å²) in [4.78, 5) is 18.9. The van der Waals surface area contributed by atoms with Gasteiger partial charge in [-0.15, -0.1) is 0 Å². The van der Waals surface area contributed by atoms with Crippen molar-refractivity contribution in [2.45, 2.75) is 45.6 Å². The molecule has 1 aromatic heterocycles. The number of aromatic amines is 1. The van der Waals surface area contributed by atoms with Crippen molar-refractivity contribution in [1.29, 1.82) is 0 Å². The van der Waals surface area contributed by atoms with Crippen molar-refractivity contribution in [2.75, 3.05) is 19.6 Å². The molecule has 0 spiro atoms. The first-order valence-corrected chi connectivity index (χ1v) is 11.2. The highest BCUT2D eigenvalue weighted by atomic mass is 35.5. The Kier molecular flexibility index (Phi) is 6.45. The van der Waals surface area contributed by atoms with Crippen LogP contribution in [0.4, 0.5) is 0 Å². The molecule has 2 aromatic carbocycles. The van der Waals surface area contributed by atoms with Crippen LogP contribution in [0, 0.1) is 6.92 Å². The Labute approximate surface area is 183 Å². The van der Waals surface area contributed by atoms with E-state index < -0.39 is 6.10 Å². The van der Waals surface area contributed by atoms with Crippen molar-refractivity contribution in [2.24, 2.45) is 0 Å². The zero-order chi connectivity index (χ0) is 21.1. The van der Waals surface area contributed by atoms with Gasteiger partial charge in [-0.2, -0.15) is 0 Å². The fourth-order valence-electron chi connectivity index (χ4n) is 4.35. The first kappa shape index (κ1) is 21.0. The van der Waals surface area contributed by atoms with Crippen LogP contribution in [0.5, 0.6) is 0 Å². The van der Waals surface area contributed by atoms with Gasteiger partial charge >= 0.3 is 5.97 Å². The number of hydrogen-bond acceptors (Lipinski definition) is 3. The molecule has 5 heteroatoms. The van der Waals surface area contributed by atoms with Gasteiger partial charge in [0.25, 0.3) is 0 Å². The molecule has 3 aromatic rings. The van der Waals surface area contributed by atoms with Crippen LogP contribution in [0.3, 0.4) is 0 Å². The van der Waals surface area contributed by atoms with Crippen LogP contribution < -0.4 is 0 Å². The van der Waals surface area contributed by atoms with Gasteiger partial charge in [0.2, 0.25) is 0 Å². The normalized spacial score (nSPS) is 16.0. The predicted molar refractivity (Wildman–Crippen MR) is 122 cm³/mol. The van der Waals surface area contributed by atoms with Gasteiger partial charge in [0.1, 0.15) is 6.10 Å². The summed E-state index contributed by atoms with van der Waals surface area (Å²) in [5.74, 6) is -0.320. The minimum absolute atomic E-state index is 0.320. The number of benzene rings is 2. The number of aryl methyl sites for hydroxylation is 1. The van der Waals surface area contributed by atoms with Gasteiger partial charge in [0, 0.05) is 33.7 Å². The number of aromatic nitrogens is 1. The number of H-pyrrole nitrogens is 1. The van der Waals surface area contributed by atoms with Crippen LogP contribution >= 0.6 is 11.6 Å². The first-order valence-electron chi connectivity index (χ1n) is 10.8. The quantitative estimate of drug-likeness (QED) is 0.488. The highest BCUT2D eigenvalue weighted by Crippen LogP contribution is 2.29. The molecular weight excluding hydrogens is 396 g/mol. The van der Waals surface area contributed by atoms with Crippen LogP contribution in [0.1, 0.15) is 59.5 Å². The fourth-order valence-corrected chi connectivity index (χ4v) is 4.64. The second kappa shape index (κ2) is 9.23. The number of fused-ring (bicyclic) bond motifs is 1. The lowest BCUT2D eigenvalue weighted by molar-refractivity contribution is 0.0339. The minimum atomic E-state index is -0.419. The summed E-state index contributed by atoms with van der Waals surface area (Å²) >= 11 is 6.27. The summed E-state index contributed by atoms with van der Waals surface area (Å²) in [6.45, 7) is 7.24. The van der Waals surface area contributed by atoms with E-state index in [0.29, 0.717) is 10.6 Å². The van der Waals surface area contributed by atoms with E-state index in [-0.39, 0.29) is 5.97 Å².